The summed E-state index contributed by atoms with van der Waals surface area (Å²) in [5.74, 6) is 6.39. The van der Waals surface area contributed by atoms with Crippen molar-refractivity contribution < 1.29 is 0 Å². The van der Waals surface area contributed by atoms with E-state index in [1.807, 2.05) is 6.92 Å². The number of aromatic nitrogens is 4. The summed E-state index contributed by atoms with van der Waals surface area (Å²) < 4.78 is 4.40. The molecule has 31 heavy (non-hydrogen) atoms. The van der Waals surface area contributed by atoms with Crippen LogP contribution >= 0.6 is 0 Å². The Kier molecular flexibility index (Phi) is 5.62. The molecule has 0 atom stereocenters. The van der Waals surface area contributed by atoms with Gasteiger partial charge in [-0.15, -0.1) is 0 Å². The topological polar surface area (TPSA) is 35.1 Å². The molecule has 0 aliphatic carbocycles. The maximum atomic E-state index is 5.06. The van der Waals surface area contributed by atoms with Crippen LogP contribution in [0.25, 0.3) is 27.8 Å². The zero-order valence-corrected chi connectivity index (χ0v) is 19.8. The summed E-state index contributed by atoms with van der Waals surface area (Å²) in [6.45, 7) is 15.8. The fraction of sp³-hybridized carbons (Fsp3) is 0.407. The Labute approximate surface area is 185 Å². The summed E-state index contributed by atoms with van der Waals surface area (Å²) in [5.41, 5.74) is 11.3. The number of hydrogen-bond donors (Lipinski definition) is 0. The zero-order chi connectivity index (χ0) is 22.3. The average molecular weight is 413 g/mol. The minimum absolute atomic E-state index is 0.934. The first kappa shape index (κ1) is 21.2. The van der Waals surface area contributed by atoms with Crippen LogP contribution in [-0.2, 0) is 6.54 Å². The van der Waals surface area contributed by atoms with Crippen LogP contribution < -0.4 is 0 Å². The van der Waals surface area contributed by atoms with E-state index in [9.17, 15) is 0 Å². The van der Waals surface area contributed by atoms with Crippen molar-refractivity contribution in [2.75, 3.05) is 0 Å². The van der Waals surface area contributed by atoms with Crippen molar-refractivity contribution in [3.05, 3.63) is 52.0 Å². The standard InChI is InChI=1S/C27H32N4/c1-8-10-11-13-30-22(12-9-2)16-23-20(6)28-26-25(21(7)29-31(26)27(23)30)24-18(4)14-17(3)15-19(24)5/h14-16H,8,10-11,13H2,1-7H3. The van der Waals surface area contributed by atoms with Gasteiger partial charge in [-0.3, -0.25) is 0 Å². The van der Waals surface area contributed by atoms with E-state index in [2.05, 4.69) is 80.7 Å². The smallest absolute Gasteiger partial charge is 0.165 e. The van der Waals surface area contributed by atoms with E-state index in [-0.39, 0.29) is 0 Å². The maximum absolute atomic E-state index is 5.06. The molecule has 4 aromatic rings. The monoisotopic (exact) mass is 412 g/mol. The van der Waals surface area contributed by atoms with E-state index in [1.165, 1.54) is 35.1 Å². The molecule has 4 heteroatoms. The molecule has 0 N–H and O–H groups in total. The normalized spacial score (nSPS) is 11.3. The third-order valence-corrected chi connectivity index (χ3v) is 6.13. The molecule has 1 aromatic carbocycles. The molecule has 0 saturated heterocycles. The first-order chi connectivity index (χ1) is 14.9. The minimum atomic E-state index is 0.934. The third kappa shape index (κ3) is 3.53. The molecule has 4 rings (SSSR count). The summed E-state index contributed by atoms with van der Waals surface area (Å²) in [7, 11) is 0. The molecule has 4 nitrogen and oxygen atoms in total. The van der Waals surface area contributed by atoms with Crippen LogP contribution in [0.4, 0.5) is 0 Å². The van der Waals surface area contributed by atoms with Crippen molar-refractivity contribution in [1.82, 2.24) is 19.2 Å². The van der Waals surface area contributed by atoms with Crippen molar-refractivity contribution in [1.29, 1.82) is 0 Å². The Balaban J connectivity index is 2.08. The fourth-order valence-electron chi connectivity index (χ4n) is 4.86. The molecule has 0 fully saturated rings. The molecule has 0 radical (unpaired) electrons. The predicted octanol–water partition coefficient (Wildman–Crippen LogP) is 6.45. The second kappa shape index (κ2) is 8.23. The molecule has 0 unspecified atom stereocenters. The van der Waals surface area contributed by atoms with E-state index in [1.54, 1.807) is 0 Å². The van der Waals surface area contributed by atoms with Gasteiger partial charge in [0, 0.05) is 11.9 Å². The van der Waals surface area contributed by atoms with Crippen molar-refractivity contribution in [3.8, 4) is 23.0 Å². The molecule has 3 heterocycles. The van der Waals surface area contributed by atoms with Gasteiger partial charge in [0.1, 0.15) is 5.65 Å². The number of rotatable bonds is 5. The summed E-state index contributed by atoms with van der Waals surface area (Å²) in [4.78, 5) is 5.06. The number of fused-ring (bicyclic) bond motifs is 3. The highest BCUT2D eigenvalue weighted by Crippen LogP contribution is 2.35. The van der Waals surface area contributed by atoms with Crippen LogP contribution in [0.1, 0.15) is 66.9 Å². The average Bonchev–Trinajstić information content (AvgIpc) is 3.21. The highest BCUT2D eigenvalue weighted by atomic mass is 15.3. The molecule has 0 saturated carbocycles. The van der Waals surface area contributed by atoms with Gasteiger partial charge in [-0.2, -0.15) is 9.61 Å². The van der Waals surface area contributed by atoms with Crippen molar-refractivity contribution in [3.63, 3.8) is 0 Å². The molecule has 0 bridgehead atoms. The lowest BCUT2D eigenvalue weighted by Crippen LogP contribution is -2.06. The van der Waals surface area contributed by atoms with Crippen molar-refractivity contribution in [2.24, 2.45) is 0 Å². The fourth-order valence-corrected chi connectivity index (χ4v) is 4.86. The highest BCUT2D eigenvalue weighted by molar-refractivity contribution is 5.90. The number of aryl methyl sites for hydroxylation is 6. The first-order valence-electron chi connectivity index (χ1n) is 11.3. The molecule has 3 aromatic heterocycles. The van der Waals surface area contributed by atoms with Crippen LogP contribution in [0.15, 0.2) is 18.2 Å². The van der Waals surface area contributed by atoms with Gasteiger partial charge in [0.2, 0.25) is 0 Å². The van der Waals surface area contributed by atoms with Gasteiger partial charge < -0.3 is 4.57 Å². The summed E-state index contributed by atoms with van der Waals surface area (Å²) in [6, 6.07) is 6.68. The SMILES string of the molecule is CC#Cc1cc2c(C)nc3c(-c4c(C)cc(C)cc4C)c(C)nn3c2n1CCCCC. The van der Waals surface area contributed by atoms with Crippen LogP contribution in [0.3, 0.4) is 0 Å². The second-order valence-corrected chi connectivity index (χ2v) is 8.67. The summed E-state index contributed by atoms with van der Waals surface area (Å²) in [6.07, 6.45) is 3.53. The highest BCUT2D eigenvalue weighted by Gasteiger charge is 2.22. The number of hydrogen-bond acceptors (Lipinski definition) is 2. The van der Waals surface area contributed by atoms with Gasteiger partial charge in [0.25, 0.3) is 0 Å². The van der Waals surface area contributed by atoms with Crippen molar-refractivity contribution >= 4 is 16.7 Å². The number of benzene rings is 1. The van der Waals surface area contributed by atoms with Gasteiger partial charge in [-0.1, -0.05) is 43.4 Å². The molecule has 0 spiro atoms. The van der Waals surface area contributed by atoms with E-state index in [4.69, 9.17) is 10.1 Å². The van der Waals surface area contributed by atoms with Gasteiger partial charge in [-0.25, -0.2) is 4.98 Å². The van der Waals surface area contributed by atoms with Gasteiger partial charge in [-0.05, 0) is 76.6 Å². The van der Waals surface area contributed by atoms with E-state index < -0.39 is 0 Å². The lowest BCUT2D eigenvalue weighted by Gasteiger charge is -2.12. The number of unbranched alkanes of at least 4 members (excludes halogenated alkanes) is 2. The third-order valence-electron chi connectivity index (χ3n) is 6.13. The number of nitrogens with zero attached hydrogens (tertiary/aromatic N) is 4. The molecular weight excluding hydrogens is 380 g/mol. The van der Waals surface area contributed by atoms with Crippen LogP contribution in [0.5, 0.6) is 0 Å². The van der Waals surface area contributed by atoms with Crippen LogP contribution in [-0.4, -0.2) is 19.2 Å². The van der Waals surface area contributed by atoms with Gasteiger partial charge >= 0.3 is 0 Å². The quantitative estimate of drug-likeness (QED) is 0.279. The second-order valence-electron chi connectivity index (χ2n) is 8.67. The van der Waals surface area contributed by atoms with E-state index >= 15 is 0 Å². The first-order valence-corrected chi connectivity index (χ1v) is 11.3. The van der Waals surface area contributed by atoms with Gasteiger partial charge in [0.05, 0.1) is 22.6 Å². The Bertz CT molecular complexity index is 1330. The Morgan fingerprint density at radius 3 is 2.26 bits per heavy atom. The Hall–Kier alpha value is -3.06. The van der Waals surface area contributed by atoms with Crippen LogP contribution in [0, 0.1) is 46.5 Å². The van der Waals surface area contributed by atoms with Gasteiger partial charge in [0.15, 0.2) is 5.65 Å². The molecular formula is C27H32N4. The van der Waals surface area contributed by atoms with Crippen LogP contribution in [0.2, 0.25) is 0 Å². The lowest BCUT2D eigenvalue weighted by atomic mass is 9.94. The molecule has 0 aliphatic heterocycles. The lowest BCUT2D eigenvalue weighted by molar-refractivity contribution is 0.606. The maximum Gasteiger partial charge on any atom is 0.165 e. The molecule has 0 amide bonds. The predicted molar refractivity (Wildman–Crippen MR) is 130 cm³/mol. The minimum Gasteiger partial charge on any atom is -0.319 e. The molecule has 160 valence electrons. The Morgan fingerprint density at radius 1 is 0.903 bits per heavy atom. The zero-order valence-electron chi connectivity index (χ0n) is 19.8. The summed E-state index contributed by atoms with van der Waals surface area (Å²) >= 11 is 0. The molecule has 0 aliphatic rings. The van der Waals surface area contributed by atoms with E-state index in [0.717, 1.165) is 52.3 Å². The van der Waals surface area contributed by atoms with Crippen molar-refractivity contribution in [2.45, 2.75) is 74.3 Å². The van der Waals surface area contributed by atoms with E-state index in [0.29, 0.717) is 0 Å². The largest absolute Gasteiger partial charge is 0.319 e. The summed E-state index contributed by atoms with van der Waals surface area (Å²) in [5, 5.41) is 6.14. The Morgan fingerprint density at radius 2 is 1.61 bits per heavy atom.